The van der Waals surface area contributed by atoms with Gasteiger partial charge in [0.2, 0.25) is 0 Å². The van der Waals surface area contributed by atoms with Gasteiger partial charge in [0.25, 0.3) is 0 Å². The van der Waals surface area contributed by atoms with E-state index in [9.17, 15) is 4.39 Å². The number of ether oxygens (including phenoxy) is 1. The summed E-state index contributed by atoms with van der Waals surface area (Å²) >= 11 is 0. The van der Waals surface area contributed by atoms with Crippen LogP contribution in [0.4, 0.5) is 4.39 Å². The number of hydrogen-bond donors (Lipinski definition) is 1. The molecule has 0 spiro atoms. The van der Waals surface area contributed by atoms with E-state index in [0.29, 0.717) is 13.0 Å². The van der Waals surface area contributed by atoms with Gasteiger partial charge >= 0.3 is 0 Å². The highest BCUT2D eigenvalue weighted by molar-refractivity contribution is 5.31. The van der Waals surface area contributed by atoms with Crippen molar-refractivity contribution in [3.05, 3.63) is 65.5 Å². The molecule has 0 aromatic heterocycles. The van der Waals surface area contributed by atoms with Gasteiger partial charge < -0.3 is 9.84 Å². The molecule has 0 aliphatic heterocycles. The van der Waals surface area contributed by atoms with Crippen molar-refractivity contribution in [2.75, 3.05) is 13.2 Å². The van der Waals surface area contributed by atoms with Crippen LogP contribution in [0.3, 0.4) is 0 Å². The average Bonchev–Trinajstić information content (AvgIpc) is 2.38. The van der Waals surface area contributed by atoms with Crippen molar-refractivity contribution in [1.82, 2.24) is 0 Å². The molecule has 0 amide bonds. The van der Waals surface area contributed by atoms with Crippen LogP contribution in [0, 0.1) is 5.82 Å². The smallest absolute Gasteiger partial charge is 0.123 e. The van der Waals surface area contributed by atoms with Crippen molar-refractivity contribution in [2.24, 2.45) is 0 Å². The van der Waals surface area contributed by atoms with Crippen LogP contribution in [0.1, 0.15) is 11.1 Å². The lowest BCUT2D eigenvalue weighted by Gasteiger charge is -2.06. The van der Waals surface area contributed by atoms with Crippen molar-refractivity contribution in [1.29, 1.82) is 0 Å². The van der Waals surface area contributed by atoms with Gasteiger partial charge in [0.1, 0.15) is 18.2 Å². The lowest BCUT2D eigenvalue weighted by molar-refractivity contribution is 0.201. The van der Waals surface area contributed by atoms with Crippen molar-refractivity contribution in [2.45, 2.75) is 6.42 Å². The molecule has 2 aromatic rings. The first-order valence-corrected chi connectivity index (χ1v) is 5.85. The van der Waals surface area contributed by atoms with E-state index in [2.05, 4.69) is 0 Å². The van der Waals surface area contributed by atoms with Crippen LogP contribution < -0.4 is 4.74 Å². The third-order valence-corrected chi connectivity index (χ3v) is 2.58. The molecule has 0 aliphatic rings. The average molecular weight is 246 g/mol. The Morgan fingerprint density at radius 2 is 1.78 bits per heavy atom. The normalized spacial score (nSPS) is 10.3. The van der Waals surface area contributed by atoms with E-state index in [1.807, 2.05) is 30.3 Å². The Morgan fingerprint density at radius 1 is 1.00 bits per heavy atom. The molecule has 2 nitrogen and oxygen atoms in total. The standard InChI is InChI=1S/C15H15FO2/c16-14-3-1-2-13(11-14)10-12-4-6-15(7-5-12)18-9-8-17/h1-7,11,17H,8-10H2. The molecular formula is C15H15FO2. The van der Waals surface area contributed by atoms with Gasteiger partial charge in [-0.1, -0.05) is 24.3 Å². The van der Waals surface area contributed by atoms with Gasteiger partial charge in [-0.15, -0.1) is 0 Å². The number of halogens is 1. The molecule has 2 rings (SSSR count). The summed E-state index contributed by atoms with van der Waals surface area (Å²) in [5.41, 5.74) is 2.04. The SMILES string of the molecule is OCCOc1ccc(Cc2cccc(F)c2)cc1. The zero-order valence-electron chi connectivity index (χ0n) is 9.97. The molecular weight excluding hydrogens is 231 g/mol. The molecule has 0 atom stereocenters. The number of hydrogen-bond acceptors (Lipinski definition) is 2. The molecule has 0 heterocycles. The van der Waals surface area contributed by atoms with E-state index in [1.165, 1.54) is 12.1 Å². The van der Waals surface area contributed by atoms with E-state index < -0.39 is 0 Å². The van der Waals surface area contributed by atoms with Gasteiger partial charge in [-0.2, -0.15) is 0 Å². The van der Waals surface area contributed by atoms with Crippen molar-refractivity contribution in [3.63, 3.8) is 0 Å². The first-order valence-electron chi connectivity index (χ1n) is 5.85. The van der Waals surface area contributed by atoms with Crippen molar-refractivity contribution in [3.8, 4) is 5.75 Å². The van der Waals surface area contributed by atoms with Gasteiger partial charge in [0, 0.05) is 0 Å². The van der Waals surface area contributed by atoms with Crippen LogP contribution in [-0.4, -0.2) is 18.3 Å². The zero-order valence-corrected chi connectivity index (χ0v) is 9.97. The highest BCUT2D eigenvalue weighted by Crippen LogP contribution is 2.15. The van der Waals surface area contributed by atoms with Crippen LogP contribution in [-0.2, 0) is 6.42 Å². The summed E-state index contributed by atoms with van der Waals surface area (Å²) in [5.74, 6) is 0.516. The first-order chi connectivity index (χ1) is 8.78. The second-order valence-electron chi connectivity index (χ2n) is 4.02. The number of rotatable bonds is 5. The molecule has 3 heteroatoms. The molecule has 0 saturated carbocycles. The third-order valence-electron chi connectivity index (χ3n) is 2.58. The molecule has 0 fully saturated rings. The van der Waals surface area contributed by atoms with E-state index in [1.54, 1.807) is 6.07 Å². The van der Waals surface area contributed by atoms with Gasteiger partial charge in [-0.05, 0) is 41.8 Å². The molecule has 0 bridgehead atoms. The molecule has 0 radical (unpaired) electrons. The lowest BCUT2D eigenvalue weighted by Crippen LogP contribution is -2.01. The molecule has 0 aliphatic carbocycles. The Bertz CT molecular complexity index is 494. The Hall–Kier alpha value is -1.87. The fourth-order valence-electron chi connectivity index (χ4n) is 1.75. The van der Waals surface area contributed by atoms with E-state index >= 15 is 0 Å². The highest BCUT2D eigenvalue weighted by atomic mass is 19.1. The highest BCUT2D eigenvalue weighted by Gasteiger charge is 1.99. The molecule has 0 unspecified atom stereocenters. The minimum Gasteiger partial charge on any atom is -0.491 e. The molecule has 18 heavy (non-hydrogen) atoms. The molecule has 2 aromatic carbocycles. The monoisotopic (exact) mass is 246 g/mol. The zero-order chi connectivity index (χ0) is 12.8. The number of benzene rings is 2. The van der Waals surface area contributed by atoms with Gasteiger partial charge in [-0.3, -0.25) is 0 Å². The Labute approximate surface area is 106 Å². The summed E-state index contributed by atoms with van der Waals surface area (Å²) in [6.07, 6.45) is 0.692. The maximum atomic E-state index is 13.0. The van der Waals surface area contributed by atoms with Crippen LogP contribution in [0.15, 0.2) is 48.5 Å². The number of aliphatic hydroxyl groups excluding tert-OH is 1. The van der Waals surface area contributed by atoms with Crippen molar-refractivity contribution < 1.29 is 14.2 Å². The number of aliphatic hydroxyl groups is 1. The maximum absolute atomic E-state index is 13.0. The topological polar surface area (TPSA) is 29.5 Å². The summed E-state index contributed by atoms with van der Waals surface area (Å²) in [4.78, 5) is 0. The summed E-state index contributed by atoms with van der Waals surface area (Å²) in [5, 5.41) is 8.64. The van der Waals surface area contributed by atoms with Crippen LogP contribution in [0.25, 0.3) is 0 Å². The van der Waals surface area contributed by atoms with Gasteiger partial charge in [0.05, 0.1) is 6.61 Å². The summed E-state index contributed by atoms with van der Waals surface area (Å²) in [7, 11) is 0. The lowest BCUT2D eigenvalue weighted by atomic mass is 10.1. The maximum Gasteiger partial charge on any atom is 0.123 e. The largest absolute Gasteiger partial charge is 0.491 e. The van der Waals surface area contributed by atoms with E-state index in [-0.39, 0.29) is 12.4 Å². The predicted octanol–water partition coefficient (Wildman–Crippen LogP) is 2.79. The minimum absolute atomic E-state index is 0.00500. The third kappa shape index (κ3) is 3.57. The first kappa shape index (κ1) is 12.6. The van der Waals surface area contributed by atoms with Crippen molar-refractivity contribution >= 4 is 0 Å². The van der Waals surface area contributed by atoms with E-state index in [0.717, 1.165) is 16.9 Å². The molecule has 94 valence electrons. The van der Waals surface area contributed by atoms with E-state index in [4.69, 9.17) is 9.84 Å². The summed E-state index contributed by atoms with van der Waals surface area (Å²) in [6.45, 7) is 0.300. The summed E-state index contributed by atoms with van der Waals surface area (Å²) in [6, 6.07) is 14.2. The Morgan fingerprint density at radius 3 is 2.44 bits per heavy atom. The summed E-state index contributed by atoms with van der Waals surface area (Å²) < 4.78 is 18.3. The predicted molar refractivity (Wildman–Crippen MR) is 68.2 cm³/mol. The quantitative estimate of drug-likeness (QED) is 0.879. The Balaban J connectivity index is 2.02. The fourth-order valence-corrected chi connectivity index (χ4v) is 1.75. The fraction of sp³-hybridized carbons (Fsp3) is 0.200. The molecule has 1 N–H and O–H groups in total. The second-order valence-corrected chi connectivity index (χ2v) is 4.02. The van der Waals surface area contributed by atoms with Gasteiger partial charge in [-0.25, -0.2) is 4.39 Å². The molecule has 0 saturated heterocycles. The van der Waals surface area contributed by atoms with Crippen LogP contribution in [0.2, 0.25) is 0 Å². The minimum atomic E-state index is -0.213. The van der Waals surface area contributed by atoms with Crippen LogP contribution in [0.5, 0.6) is 5.75 Å². The Kier molecular flexibility index (Phi) is 4.31. The van der Waals surface area contributed by atoms with Gasteiger partial charge in [0.15, 0.2) is 0 Å². The second kappa shape index (κ2) is 6.17. The van der Waals surface area contributed by atoms with Crippen LogP contribution >= 0.6 is 0 Å².